The highest BCUT2D eigenvalue weighted by atomic mass is 35.5. The van der Waals surface area contributed by atoms with Crippen LogP contribution in [0.1, 0.15) is 48.8 Å². The number of anilines is 1. The van der Waals surface area contributed by atoms with Crippen molar-refractivity contribution in [3.8, 4) is 17.0 Å². The molecule has 0 radical (unpaired) electrons. The van der Waals surface area contributed by atoms with Gasteiger partial charge < -0.3 is 20.1 Å². The zero-order valence-electron chi connectivity index (χ0n) is 28.0. The van der Waals surface area contributed by atoms with Crippen LogP contribution < -0.4 is 10.1 Å². The molecule has 5 rings (SSSR count). The molecule has 3 aromatic rings. The number of piperidine rings is 1. The fourth-order valence-corrected chi connectivity index (χ4v) is 6.76. The smallest absolute Gasteiger partial charge is 0.490 e. The van der Waals surface area contributed by atoms with Gasteiger partial charge in [-0.3, -0.25) is 14.3 Å². The molecule has 1 saturated heterocycles. The third-order valence-corrected chi connectivity index (χ3v) is 9.26. The number of carboxylic acid groups (broad SMARTS) is 1. The van der Waals surface area contributed by atoms with E-state index < -0.39 is 42.4 Å². The van der Waals surface area contributed by atoms with Crippen molar-refractivity contribution in [2.24, 2.45) is 17.8 Å². The first kappa shape index (κ1) is 38.5. The van der Waals surface area contributed by atoms with E-state index in [9.17, 15) is 22.8 Å². The van der Waals surface area contributed by atoms with Gasteiger partial charge in [-0.2, -0.15) is 13.2 Å². The summed E-state index contributed by atoms with van der Waals surface area (Å²) in [5, 5.41) is 18.9. The summed E-state index contributed by atoms with van der Waals surface area (Å²) >= 11 is 6.13. The van der Waals surface area contributed by atoms with Crippen LogP contribution in [0.5, 0.6) is 5.75 Å². The van der Waals surface area contributed by atoms with Gasteiger partial charge in [-0.05, 0) is 69.4 Å². The number of amides is 2. The van der Waals surface area contributed by atoms with E-state index in [2.05, 4.69) is 15.6 Å². The molecule has 1 aliphatic carbocycles. The number of carbonyl (C=O) groups is 3. The Kier molecular flexibility index (Phi) is 12.1. The van der Waals surface area contributed by atoms with Gasteiger partial charge in [0.1, 0.15) is 11.4 Å². The van der Waals surface area contributed by atoms with Crippen molar-refractivity contribution >= 4 is 35.1 Å². The first-order valence-corrected chi connectivity index (χ1v) is 16.4. The number of hydrogen-bond acceptors (Lipinski definition) is 6. The average molecular weight is 728 g/mol. The molecular formula is C34H39ClF5N5O5. The first-order chi connectivity index (χ1) is 23.4. The van der Waals surface area contributed by atoms with E-state index in [1.807, 2.05) is 32.9 Å². The van der Waals surface area contributed by atoms with Gasteiger partial charge in [-0.15, -0.1) is 5.10 Å². The molecular weight excluding hydrogens is 689 g/mol. The highest BCUT2D eigenvalue weighted by Crippen LogP contribution is 2.39. The number of carbonyl (C=O) groups excluding carboxylic acids is 2. The molecule has 1 saturated carbocycles. The topological polar surface area (TPSA) is 127 Å². The summed E-state index contributed by atoms with van der Waals surface area (Å²) in [7, 11) is 1.53. The van der Waals surface area contributed by atoms with Crippen LogP contribution in [0.4, 0.5) is 27.6 Å². The Hall–Kier alpha value is -4.27. The Morgan fingerprint density at radius 2 is 1.66 bits per heavy atom. The Bertz CT molecular complexity index is 1690. The van der Waals surface area contributed by atoms with Crippen molar-refractivity contribution in [3.05, 3.63) is 58.2 Å². The van der Waals surface area contributed by atoms with Gasteiger partial charge in [-0.1, -0.05) is 47.4 Å². The third kappa shape index (κ3) is 9.29. The number of alkyl halides is 5. The number of likely N-dealkylation sites (tertiary alicyclic amines) is 1. The van der Waals surface area contributed by atoms with Gasteiger partial charge in [0.2, 0.25) is 11.8 Å². The molecule has 2 aliphatic rings. The fourth-order valence-electron chi connectivity index (χ4n) is 6.58. The fraction of sp³-hybridized carbons (Fsp3) is 0.500. The average Bonchev–Trinajstić information content (AvgIpc) is 3.51. The maximum Gasteiger partial charge on any atom is 0.490 e. The SMILES string of the molecule is COc1ccc(Cl)cc1-c1cn(CC2CCN(C(=O)C3CCCCC3C(=O)Nc3c(C)cc(C)cc3C)CC2(F)F)nn1.O=C(O)C(F)(F)F. The van der Waals surface area contributed by atoms with Gasteiger partial charge in [0.25, 0.3) is 5.92 Å². The summed E-state index contributed by atoms with van der Waals surface area (Å²) < 4.78 is 69.6. The molecule has 3 atom stereocenters. The molecule has 0 spiro atoms. The highest BCUT2D eigenvalue weighted by molar-refractivity contribution is 6.31. The van der Waals surface area contributed by atoms with Crippen molar-refractivity contribution in [2.75, 3.05) is 25.5 Å². The molecule has 50 heavy (non-hydrogen) atoms. The number of ether oxygens (including phenoxy) is 1. The number of aliphatic carboxylic acids is 1. The molecule has 16 heteroatoms. The van der Waals surface area contributed by atoms with Crippen molar-refractivity contribution in [2.45, 2.75) is 71.5 Å². The van der Waals surface area contributed by atoms with Crippen LogP contribution in [0.2, 0.25) is 5.02 Å². The minimum Gasteiger partial charge on any atom is -0.496 e. The predicted octanol–water partition coefficient (Wildman–Crippen LogP) is 7.09. The molecule has 1 aliphatic heterocycles. The van der Waals surface area contributed by atoms with E-state index in [1.54, 1.807) is 24.4 Å². The Morgan fingerprint density at radius 3 is 2.24 bits per heavy atom. The van der Waals surface area contributed by atoms with Crippen molar-refractivity contribution in [1.29, 1.82) is 0 Å². The summed E-state index contributed by atoms with van der Waals surface area (Å²) in [5.41, 5.74) is 4.86. The first-order valence-electron chi connectivity index (χ1n) is 16.0. The van der Waals surface area contributed by atoms with Gasteiger partial charge in [0, 0.05) is 40.6 Å². The molecule has 1 aromatic heterocycles. The number of nitrogens with zero attached hydrogens (tertiary/aromatic N) is 4. The third-order valence-electron chi connectivity index (χ3n) is 9.03. The zero-order chi connectivity index (χ0) is 37.0. The van der Waals surface area contributed by atoms with Gasteiger partial charge in [-0.25, -0.2) is 13.6 Å². The lowest BCUT2D eigenvalue weighted by Crippen LogP contribution is -2.54. The molecule has 2 aromatic carbocycles. The maximum absolute atomic E-state index is 15.5. The number of hydrogen-bond donors (Lipinski definition) is 2. The Morgan fingerprint density at radius 1 is 1.04 bits per heavy atom. The molecule has 2 fully saturated rings. The van der Waals surface area contributed by atoms with Crippen molar-refractivity contribution < 1.29 is 46.2 Å². The number of rotatable bonds is 7. The lowest BCUT2D eigenvalue weighted by Gasteiger charge is -2.41. The largest absolute Gasteiger partial charge is 0.496 e. The number of aryl methyl sites for hydroxylation is 3. The van der Waals surface area contributed by atoms with Gasteiger partial charge in [0.05, 0.1) is 26.4 Å². The quantitative estimate of drug-likeness (QED) is 0.249. The number of nitrogens with one attached hydrogen (secondary N) is 1. The van der Waals surface area contributed by atoms with E-state index in [0.29, 0.717) is 34.9 Å². The lowest BCUT2D eigenvalue weighted by molar-refractivity contribution is -0.192. The number of aromatic nitrogens is 3. The van der Waals surface area contributed by atoms with Crippen molar-refractivity contribution in [3.63, 3.8) is 0 Å². The molecule has 10 nitrogen and oxygen atoms in total. The van der Waals surface area contributed by atoms with Crippen LogP contribution in [0, 0.1) is 38.5 Å². The summed E-state index contributed by atoms with van der Waals surface area (Å²) in [6.07, 6.45) is -0.674. The van der Waals surface area contributed by atoms with E-state index in [-0.39, 0.29) is 31.3 Å². The second kappa shape index (κ2) is 15.7. The maximum atomic E-state index is 15.5. The van der Waals surface area contributed by atoms with Crippen molar-refractivity contribution in [1.82, 2.24) is 19.9 Å². The molecule has 2 N–H and O–H groups in total. The second-order valence-electron chi connectivity index (χ2n) is 12.7. The summed E-state index contributed by atoms with van der Waals surface area (Å²) in [6, 6.07) is 9.11. The number of carboxylic acids is 1. The summed E-state index contributed by atoms with van der Waals surface area (Å²) in [5.74, 6) is -8.09. The van der Waals surface area contributed by atoms with Gasteiger partial charge >= 0.3 is 12.1 Å². The summed E-state index contributed by atoms with van der Waals surface area (Å²) in [4.78, 5) is 37.3. The number of methoxy groups -OCH3 is 1. The minimum absolute atomic E-state index is 0.0470. The Labute approximate surface area is 290 Å². The monoisotopic (exact) mass is 727 g/mol. The summed E-state index contributed by atoms with van der Waals surface area (Å²) in [6.45, 7) is 5.36. The normalized spacial score (nSPS) is 20.4. The molecule has 2 amide bonds. The number of halogens is 6. The zero-order valence-corrected chi connectivity index (χ0v) is 28.7. The van der Waals surface area contributed by atoms with E-state index in [0.717, 1.165) is 35.2 Å². The van der Waals surface area contributed by atoms with E-state index >= 15 is 8.78 Å². The van der Waals surface area contributed by atoms with Crippen LogP contribution in [0.15, 0.2) is 36.5 Å². The predicted molar refractivity (Wildman–Crippen MR) is 175 cm³/mol. The standard InChI is InChI=1S/C32H38ClF2N5O3.C2HF3O2/c1-19-13-20(2)29(21(3)14-19)36-30(41)24-7-5-6-8-25(24)31(42)39-12-11-22(32(34,35)18-39)16-40-17-27(37-38-40)26-15-23(33)9-10-28(26)43-4;3-2(4,5)1(6)7/h9-10,13-15,17,22,24-25H,5-8,11-12,16,18H2,1-4H3,(H,36,41);(H,6,7). The molecule has 3 unspecified atom stereocenters. The molecule has 272 valence electrons. The van der Waals surface area contributed by atoms with Crippen LogP contribution in [0.3, 0.4) is 0 Å². The van der Waals surface area contributed by atoms with Crippen LogP contribution in [-0.4, -0.2) is 75.1 Å². The van der Waals surface area contributed by atoms with E-state index in [1.165, 1.54) is 16.7 Å². The lowest BCUT2D eigenvalue weighted by atomic mass is 9.77. The highest BCUT2D eigenvalue weighted by Gasteiger charge is 2.48. The van der Waals surface area contributed by atoms with Gasteiger partial charge in [0.15, 0.2) is 0 Å². The number of benzene rings is 2. The Balaban J connectivity index is 0.000000727. The van der Waals surface area contributed by atoms with Crippen LogP contribution in [0.25, 0.3) is 11.3 Å². The molecule has 0 bridgehead atoms. The van der Waals surface area contributed by atoms with E-state index in [4.69, 9.17) is 26.2 Å². The van der Waals surface area contributed by atoms with Crippen LogP contribution >= 0.6 is 11.6 Å². The van der Waals surface area contributed by atoms with Crippen LogP contribution in [-0.2, 0) is 20.9 Å². The minimum atomic E-state index is -5.08. The molecule has 2 heterocycles. The second-order valence-corrected chi connectivity index (χ2v) is 13.2.